The van der Waals surface area contributed by atoms with Crippen molar-refractivity contribution in [1.82, 2.24) is 20.0 Å². The van der Waals surface area contributed by atoms with Gasteiger partial charge >= 0.3 is 0 Å². The lowest BCUT2D eigenvalue weighted by molar-refractivity contribution is -0.120. The summed E-state index contributed by atoms with van der Waals surface area (Å²) in [6, 6.07) is 7.51. The molecule has 0 heterocycles. The Morgan fingerprint density at radius 3 is 2.12 bits per heavy atom. The Bertz CT molecular complexity index is 552. The number of benzene rings is 1. The van der Waals surface area contributed by atoms with Crippen LogP contribution in [0.25, 0.3) is 0 Å². The van der Waals surface area contributed by atoms with E-state index in [4.69, 9.17) is 0 Å². The van der Waals surface area contributed by atoms with Crippen LogP contribution in [0.2, 0.25) is 0 Å². The average Bonchev–Trinajstić information content (AvgIpc) is 2.59. The maximum Gasteiger partial charge on any atom is 0.253 e. The summed E-state index contributed by atoms with van der Waals surface area (Å²) in [5.41, 5.74) is 1.61. The SMILES string of the molecule is CCC(=O)NCc1cccc(C(=O)N(CCN(C)C)CCN(C)C)c1.[HH]. The molecule has 0 fully saturated rings. The Labute approximate surface area is 153 Å². The highest BCUT2D eigenvalue weighted by molar-refractivity contribution is 5.94. The maximum absolute atomic E-state index is 12.9. The van der Waals surface area contributed by atoms with Crippen LogP contribution in [-0.2, 0) is 11.3 Å². The zero-order valence-electron chi connectivity index (χ0n) is 16.2. The molecule has 0 unspecified atom stereocenters. The highest BCUT2D eigenvalue weighted by Gasteiger charge is 2.16. The molecule has 142 valence electrons. The van der Waals surface area contributed by atoms with E-state index in [2.05, 4.69) is 15.1 Å². The first-order valence-electron chi connectivity index (χ1n) is 8.77. The minimum absolute atomic E-state index is 0. The molecule has 0 spiro atoms. The van der Waals surface area contributed by atoms with Crippen molar-refractivity contribution in [3.05, 3.63) is 35.4 Å². The first-order chi connectivity index (χ1) is 11.8. The topological polar surface area (TPSA) is 55.9 Å². The Morgan fingerprint density at radius 2 is 1.60 bits per heavy atom. The highest BCUT2D eigenvalue weighted by atomic mass is 16.2. The summed E-state index contributed by atoms with van der Waals surface area (Å²) >= 11 is 0. The van der Waals surface area contributed by atoms with E-state index in [-0.39, 0.29) is 13.2 Å². The van der Waals surface area contributed by atoms with Gasteiger partial charge in [-0.3, -0.25) is 9.59 Å². The normalized spacial score (nSPS) is 11.0. The van der Waals surface area contributed by atoms with E-state index in [1.165, 1.54) is 0 Å². The van der Waals surface area contributed by atoms with Gasteiger partial charge in [0, 0.05) is 46.1 Å². The predicted molar refractivity (Wildman–Crippen MR) is 104 cm³/mol. The Kier molecular flexibility index (Phi) is 9.16. The number of rotatable bonds is 10. The van der Waals surface area contributed by atoms with Crippen molar-refractivity contribution in [2.45, 2.75) is 19.9 Å². The van der Waals surface area contributed by atoms with Gasteiger partial charge in [0.2, 0.25) is 5.91 Å². The number of hydrogen-bond donors (Lipinski definition) is 1. The van der Waals surface area contributed by atoms with Crippen LogP contribution in [0.15, 0.2) is 24.3 Å². The summed E-state index contributed by atoms with van der Waals surface area (Å²) < 4.78 is 0. The summed E-state index contributed by atoms with van der Waals surface area (Å²) in [7, 11) is 8.02. The molecule has 6 nitrogen and oxygen atoms in total. The molecule has 0 bridgehead atoms. The van der Waals surface area contributed by atoms with Gasteiger partial charge in [0.05, 0.1) is 0 Å². The van der Waals surface area contributed by atoms with Crippen LogP contribution in [0.1, 0.15) is 30.7 Å². The van der Waals surface area contributed by atoms with E-state index in [9.17, 15) is 9.59 Å². The second-order valence-corrected chi connectivity index (χ2v) is 6.73. The maximum atomic E-state index is 12.9. The van der Waals surface area contributed by atoms with Gasteiger partial charge in [0.25, 0.3) is 5.91 Å². The fourth-order valence-electron chi connectivity index (χ4n) is 2.28. The van der Waals surface area contributed by atoms with E-state index >= 15 is 0 Å². The van der Waals surface area contributed by atoms with Crippen LogP contribution in [-0.4, -0.2) is 80.9 Å². The average molecular weight is 351 g/mol. The summed E-state index contributed by atoms with van der Waals surface area (Å²) in [6.07, 6.45) is 0.460. The van der Waals surface area contributed by atoms with Gasteiger partial charge in [-0.15, -0.1) is 0 Å². The van der Waals surface area contributed by atoms with Crippen LogP contribution in [0.4, 0.5) is 0 Å². The second-order valence-electron chi connectivity index (χ2n) is 6.73. The molecular weight excluding hydrogens is 316 g/mol. The summed E-state index contributed by atoms with van der Waals surface area (Å²) in [5, 5.41) is 2.85. The van der Waals surface area contributed by atoms with E-state index in [1.54, 1.807) is 0 Å². The minimum atomic E-state index is 0. The van der Waals surface area contributed by atoms with Gasteiger partial charge in [-0.25, -0.2) is 0 Å². The van der Waals surface area contributed by atoms with Gasteiger partial charge in [0.15, 0.2) is 0 Å². The van der Waals surface area contributed by atoms with Gasteiger partial charge in [-0.05, 0) is 45.9 Å². The zero-order valence-corrected chi connectivity index (χ0v) is 16.2. The molecule has 0 aromatic heterocycles. The summed E-state index contributed by atoms with van der Waals surface area (Å²) in [4.78, 5) is 30.4. The highest BCUT2D eigenvalue weighted by Crippen LogP contribution is 2.09. The van der Waals surface area contributed by atoms with E-state index in [0.29, 0.717) is 31.6 Å². The van der Waals surface area contributed by atoms with Crippen molar-refractivity contribution >= 4 is 11.8 Å². The van der Waals surface area contributed by atoms with Gasteiger partial charge in [-0.2, -0.15) is 0 Å². The summed E-state index contributed by atoms with van der Waals surface area (Å²) in [5.74, 6) is 0.0442. The molecule has 1 rings (SSSR count). The fourth-order valence-corrected chi connectivity index (χ4v) is 2.28. The molecule has 2 amide bonds. The summed E-state index contributed by atoms with van der Waals surface area (Å²) in [6.45, 7) is 5.30. The monoisotopic (exact) mass is 350 g/mol. The van der Waals surface area contributed by atoms with Crippen LogP contribution < -0.4 is 5.32 Å². The fraction of sp³-hybridized carbons (Fsp3) is 0.579. The predicted octanol–water partition coefficient (Wildman–Crippen LogP) is 1.52. The Balaban J connectivity index is 0.00000625. The molecule has 6 heteroatoms. The van der Waals surface area contributed by atoms with Crippen molar-refractivity contribution in [1.29, 1.82) is 0 Å². The number of hydrogen-bond acceptors (Lipinski definition) is 4. The lowest BCUT2D eigenvalue weighted by Crippen LogP contribution is -2.40. The third-order valence-electron chi connectivity index (χ3n) is 3.91. The molecule has 1 N–H and O–H groups in total. The molecule has 1 aromatic carbocycles. The van der Waals surface area contributed by atoms with Gasteiger partial charge in [-0.1, -0.05) is 19.1 Å². The molecular formula is C19H34N4O2. The van der Waals surface area contributed by atoms with Crippen LogP contribution in [0, 0.1) is 0 Å². The van der Waals surface area contributed by atoms with Crippen molar-refractivity contribution < 1.29 is 11.0 Å². The second kappa shape index (κ2) is 10.8. The number of nitrogens with one attached hydrogen (secondary N) is 1. The third kappa shape index (κ3) is 8.14. The number of amides is 2. The number of likely N-dealkylation sites (N-methyl/N-ethyl adjacent to an activating group) is 2. The quantitative estimate of drug-likeness (QED) is 0.695. The molecule has 0 aliphatic heterocycles. The smallest absolute Gasteiger partial charge is 0.253 e. The minimum Gasteiger partial charge on any atom is -0.352 e. The molecule has 0 aliphatic carbocycles. The molecule has 0 saturated carbocycles. The number of nitrogens with zero attached hydrogens (tertiary/aromatic N) is 3. The van der Waals surface area contributed by atoms with Crippen molar-refractivity contribution in [2.75, 3.05) is 54.4 Å². The van der Waals surface area contributed by atoms with Crippen LogP contribution in [0.5, 0.6) is 0 Å². The van der Waals surface area contributed by atoms with Gasteiger partial charge in [0.1, 0.15) is 0 Å². The zero-order chi connectivity index (χ0) is 18.8. The van der Waals surface area contributed by atoms with E-state index in [1.807, 2.05) is 64.3 Å². The molecule has 0 radical (unpaired) electrons. The van der Waals surface area contributed by atoms with Crippen molar-refractivity contribution in [2.24, 2.45) is 0 Å². The standard InChI is InChI=1S/C19H32N4O2.H2/c1-6-18(24)20-15-16-8-7-9-17(14-16)19(25)23(12-10-21(2)3)13-11-22(4)5;/h7-9,14H,6,10-13,15H2,1-5H3,(H,20,24);1H. The molecule has 0 saturated heterocycles. The molecule has 25 heavy (non-hydrogen) atoms. The Hall–Kier alpha value is -1.92. The van der Waals surface area contributed by atoms with Gasteiger partial charge < -0.3 is 20.0 Å². The van der Waals surface area contributed by atoms with E-state index < -0.39 is 0 Å². The third-order valence-corrected chi connectivity index (χ3v) is 3.91. The lowest BCUT2D eigenvalue weighted by atomic mass is 10.1. The van der Waals surface area contributed by atoms with E-state index in [0.717, 1.165) is 18.7 Å². The van der Waals surface area contributed by atoms with Crippen LogP contribution >= 0.6 is 0 Å². The number of carbonyl (C=O) groups is 2. The van der Waals surface area contributed by atoms with Crippen molar-refractivity contribution in [3.8, 4) is 0 Å². The van der Waals surface area contributed by atoms with Crippen molar-refractivity contribution in [3.63, 3.8) is 0 Å². The molecule has 0 aliphatic rings. The first kappa shape index (κ1) is 21.1. The number of carbonyl (C=O) groups excluding carboxylic acids is 2. The molecule has 1 aromatic rings. The first-order valence-corrected chi connectivity index (χ1v) is 8.77. The Morgan fingerprint density at radius 1 is 1.00 bits per heavy atom. The molecule has 0 atom stereocenters. The van der Waals surface area contributed by atoms with Crippen LogP contribution in [0.3, 0.4) is 0 Å². The lowest BCUT2D eigenvalue weighted by Gasteiger charge is -2.26. The largest absolute Gasteiger partial charge is 0.352 e.